The largest absolute Gasteiger partial charge is 0.481 e. The van der Waals surface area contributed by atoms with Crippen molar-refractivity contribution in [3.63, 3.8) is 0 Å². The van der Waals surface area contributed by atoms with E-state index in [0.717, 1.165) is 0 Å². The molecule has 1 N–H and O–H groups in total. The van der Waals surface area contributed by atoms with E-state index in [1.807, 2.05) is 0 Å². The Morgan fingerprint density at radius 2 is 2.36 bits per heavy atom. The number of hydrogen-bond acceptors (Lipinski definition) is 3. The molecule has 0 unspecified atom stereocenters. The normalized spacial score (nSPS) is 15.4. The zero-order valence-electron chi connectivity index (χ0n) is 5.49. The third-order valence-corrected chi connectivity index (χ3v) is 1.19. The fraction of sp³-hybridized carbons (Fsp3) is 0.400. The van der Waals surface area contributed by atoms with E-state index in [4.69, 9.17) is 16.7 Å². The lowest BCUT2D eigenvalue weighted by Gasteiger charge is -1.91. The Labute approximate surface area is 67.8 Å². The molecular weight excluding hydrogens is 170 g/mol. The van der Waals surface area contributed by atoms with Crippen molar-refractivity contribution in [2.75, 3.05) is 0 Å². The molecule has 6 heteroatoms. The Morgan fingerprint density at radius 3 is 2.82 bits per heavy atom. The predicted molar refractivity (Wildman–Crippen MR) is 39.7 cm³/mol. The summed E-state index contributed by atoms with van der Waals surface area (Å²) >= 11 is 5.34. The van der Waals surface area contributed by atoms with Crippen molar-refractivity contribution in [1.29, 1.82) is 0 Å². The standard InChI is InChI=1S/C5H5ClN3O2/c6-5-7-3(8-9-5)1-2-4(10)11/h1-2H2,(H,10,11). The summed E-state index contributed by atoms with van der Waals surface area (Å²) in [6.07, 6.45) is 0.275. The van der Waals surface area contributed by atoms with Gasteiger partial charge in [-0.25, -0.2) is 0 Å². The fourth-order valence-electron chi connectivity index (χ4n) is 0.575. The Kier molecular flexibility index (Phi) is 2.43. The minimum absolute atomic E-state index is 0.00201. The topological polar surface area (TPSA) is 76.1 Å². The summed E-state index contributed by atoms with van der Waals surface area (Å²) in [4.78, 5) is 13.7. The van der Waals surface area contributed by atoms with Crippen LogP contribution in [0.25, 0.3) is 0 Å². The summed E-state index contributed by atoms with van der Waals surface area (Å²) in [7, 11) is 0. The predicted octanol–water partition coefficient (Wildman–Crippen LogP) is 0.378. The van der Waals surface area contributed by atoms with Gasteiger partial charge in [0.25, 0.3) is 0 Å². The molecule has 59 valence electrons. The molecule has 0 aromatic rings. The lowest BCUT2D eigenvalue weighted by Crippen LogP contribution is -2.08. The minimum Gasteiger partial charge on any atom is -0.481 e. The summed E-state index contributed by atoms with van der Waals surface area (Å²) in [5, 5.41) is 11.7. The Balaban J connectivity index is 2.31. The second-order valence-electron chi connectivity index (χ2n) is 1.89. The first-order chi connectivity index (χ1) is 5.18. The van der Waals surface area contributed by atoms with Crippen LogP contribution in [-0.2, 0) is 4.79 Å². The molecule has 1 heterocycles. The van der Waals surface area contributed by atoms with Gasteiger partial charge in [0.05, 0.1) is 6.42 Å². The van der Waals surface area contributed by atoms with Crippen molar-refractivity contribution < 1.29 is 9.90 Å². The SMILES string of the molecule is O=C(O)CCC1=NC(Cl)=N[N]1. The molecule has 0 bridgehead atoms. The number of nitrogens with zero attached hydrogens (tertiary/aromatic N) is 3. The van der Waals surface area contributed by atoms with Crippen molar-refractivity contribution in [1.82, 2.24) is 5.43 Å². The average molecular weight is 175 g/mol. The molecule has 1 aliphatic rings. The van der Waals surface area contributed by atoms with Crippen LogP contribution >= 0.6 is 11.6 Å². The van der Waals surface area contributed by atoms with Crippen LogP contribution in [0.4, 0.5) is 0 Å². The molecule has 0 aromatic carbocycles. The van der Waals surface area contributed by atoms with Gasteiger partial charge < -0.3 is 5.11 Å². The molecule has 11 heavy (non-hydrogen) atoms. The maximum absolute atomic E-state index is 10.1. The van der Waals surface area contributed by atoms with Crippen LogP contribution in [0.15, 0.2) is 10.1 Å². The van der Waals surface area contributed by atoms with E-state index in [9.17, 15) is 4.79 Å². The molecule has 0 aliphatic carbocycles. The quantitative estimate of drug-likeness (QED) is 0.628. The number of aliphatic imine (C=N–C) groups is 1. The first-order valence-electron chi connectivity index (χ1n) is 2.92. The number of carbonyl (C=O) groups is 1. The zero-order valence-corrected chi connectivity index (χ0v) is 6.25. The smallest absolute Gasteiger partial charge is 0.303 e. The summed E-state index contributed by atoms with van der Waals surface area (Å²) in [6.45, 7) is 0. The van der Waals surface area contributed by atoms with E-state index in [0.29, 0.717) is 5.84 Å². The number of amidine groups is 2. The van der Waals surface area contributed by atoms with Crippen molar-refractivity contribution in [2.45, 2.75) is 12.8 Å². The molecule has 0 fully saturated rings. The van der Waals surface area contributed by atoms with E-state index in [2.05, 4.69) is 15.5 Å². The lowest BCUT2D eigenvalue weighted by molar-refractivity contribution is -0.136. The Hall–Kier alpha value is -1.10. The molecule has 1 radical (unpaired) electrons. The van der Waals surface area contributed by atoms with Gasteiger partial charge in [-0.3, -0.25) is 4.79 Å². The molecular formula is C5H5ClN3O2. The van der Waals surface area contributed by atoms with Crippen LogP contribution in [0.3, 0.4) is 0 Å². The Bertz CT molecular complexity index is 236. The molecule has 0 amide bonds. The highest BCUT2D eigenvalue weighted by Crippen LogP contribution is 2.01. The van der Waals surface area contributed by atoms with Gasteiger partial charge in [0.15, 0.2) is 5.84 Å². The fourth-order valence-corrected chi connectivity index (χ4v) is 0.710. The van der Waals surface area contributed by atoms with Gasteiger partial charge in [-0.05, 0) is 11.6 Å². The summed E-state index contributed by atoms with van der Waals surface area (Å²) in [6, 6.07) is 0. The van der Waals surface area contributed by atoms with Crippen LogP contribution in [-0.4, -0.2) is 22.2 Å². The first kappa shape index (κ1) is 8.00. The van der Waals surface area contributed by atoms with E-state index in [1.54, 1.807) is 0 Å². The maximum atomic E-state index is 10.1. The molecule has 0 atom stereocenters. The van der Waals surface area contributed by atoms with Crippen LogP contribution in [0, 0.1) is 0 Å². The molecule has 5 nitrogen and oxygen atoms in total. The van der Waals surface area contributed by atoms with Crippen molar-refractivity contribution in [2.24, 2.45) is 10.1 Å². The molecule has 1 rings (SSSR count). The van der Waals surface area contributed by atoms with E-state index < -0.39 is 5.97 Å². The van der Waals surface area contributed by atoms with E-state index in [-0.39, 0.29) is 18.1 Å². The summed E-state index contributed by atoms with van der Waals surface area (Å²) in [5.74, 6) is -0.511. The van der Waals surface area contributed by atoms with Crippen LogP contribution in [0.1, 0.15) is 12.8 Å². The third-order valence-electron chi connectivity index (χ3n) is 1.03. The van der Waals surface area contributed by atoms with Gasteiger partial charge >= 0.3 is 5.97 Å². The molecule has 0 saturated heterocycles. The Morgan fingerprint density at radius 1 is 1.64 bits per heavy atom. The monoisotopic (exact) mass is 174 g/mol. The van der Waals surface area contributed by atoms with Crippen LogP contribution < -0.4 is 5.43 Å². The molecule has 1 aliphatic heterocycles. The third kappa shape index (κ3) is 2.55. The van der Waals surface area contributed by atoms with Crippen molar-refractivity contribution in [3.05, 3.63) is 0 Å². The second kappa shape index (κ2) is 3.34. The highest BCUT2D eigenvalue weighted by Gasteiger charge is 2.10. The van der Waals surface area contributed by atoms with E-state index >= 15 is 0 Å². The molecule has 0 aromatic heterocycles. The van der Waals surface area contributed by atoms with Crippen molar-refractivity contribution >= 4 is 28.7 Å². The lowest BCUT2D eigenvalue weighted by atomic mass is 10.3. The molecule has 0 saturated carbocycles. The van der Waals surface area contributed by atoms with Crippen LogP contribution in [0.2, 0.25) is 0 Å². The summed E-state index contributed by atoms with van der Waals surface area (Å²) in [5.41, 5.74) is 3.53. The van der Waals surface area contributed by atoms with Gasteiger partial charge in [0.2, 0.25) is 5.29 Å². The summed E-state index contributed by atoms with van der Waals surface area (Å²) < 4.78 is 0. The number of carboxylic acid groups (broad SMARTS) is 1. The van der Waals surface area contributed by atoms with Gasteiger partial charge in [-0.2, -0.15) is 4.99 Å². The van der Waals surface area contributed by atoms with Gasteiger partial charge in [0, 0.05) is 6.42 Å². The number of carboxylic acids is 1. The second-order valence-corrected chi connectivity index (χ2v) is 2.23. The van der Waals surface area contributed by atoms with Gasteiger partial charge in [-0.1, -0.05) is 0 Å². The highest BCUT2D eigenvalue weighted by molar-refractivity contribution is 6.66. The number of hydrogen-bond donors (Lipinski definition) is 1. The zero-order chi connectivity index (χ0) is 8.27. The number of halogens is 1. The number of rotatable bonds is 3. The van der Waals surface area contributed by atoms with E-state index in [1.165, 1.54) is 0 Å². The maximum Gasteiger partial charge on any atom is 0.303 e. The van der Waals surface area contributed by atoms with Gasteiger partial charge in [-0.15, -0.1) is 10.5 Å². The highest BCUT2D eigenvalue weighted by atomic mass is 35.5. The van der Waals surface area contributed by atoms with Crippen LogP contribution in [0.5, 0.6) is 0 Å². The van der Waals surface area contributed by atoms with Gasteiger partial charge in [0.1, 0.15) is 0 Å². The average Bonchev–Trinajstić information content (AvgIpc) is 2.31. The number of aliphatic carboxylic acids is 1. The van der Waals surface area contributed by atoms with Crippen molar-refractivity contribution in [3.8, 4) is 0 Å². The minimum atomic E-state index is -0.883. The first-order valence-corrected chi connectivity index (χ1v) is 3.30. The molecule has 0 spiro atoms.